The SMILES string of the molecule is NCC(=O)N[C@@H](CC(N)=O)C(=O)N[C@@H](CC(N)=O)C(=O)NCC(=O)O. The van der Waals surface area contributed by atoms with Gasteiger partial charge in [0.15, 0.2) is 0 Å². The van der Waals surface area contributed by atoms with Crippen LogP contribution < -0.4 is 33.2 Å². The lowest BCUT2D eigenvalue weighted by Gasteiger charge is -2.21. The van der Waals surface area contributed by atoms with Gasteiger partial charge < -0.3 is 38.3 Å². The fourth-order valence-corrected chi connectivity index (χ4v) is 1.63. The number of primary amides is 2. The number of carbonyl (C=O) groups is 6. The van der Waals surface area contributed by atoms with E-state index in [1.54, 1.807) is 0 Å². The molecule has 25 heavy (non-hydrogen) atoms. The molecule has 0 saturated carbocycles. The predicted molar refractivity (Wildman–Crippen MR) is 81.2 cm³/mol. The Morgan fingerprint density at radius 2 is 1.32 bits per heavy atom. The van der Waals surface area contributed by atoms with Crippen molar-refractivity contribution in [2.24, 2.45) is 17.2 Å². The van der Waals surface area contributed by atoms with E-state index in [-0.39, 0.29) is 0 Å². The first kappa shape index (κ1) is 21.8. The predicted octanol–water partition coefficient (Wildman–Crippen LogP) is -5.13. The van der Waals surface area contributed by atoms with Gasteiger partial charge in [-0.3, -0.25) is 28.8 Å². The molecule has 0 spiro atoms. The molecule has 0 saturated heterocycles. The molecule has 5 amide bonds. The highest BCUT2D eigenvalue weighted by Crippen LogP contribution is 1.98. The van der Waals surface area contributed by atoms with Gasteiger partial charge in [-0.2, -0.15) is 0 Å². The molecule has 0 aromatic rings. The van der Waals surface area contributed by atoms with Crippen LogP contribution in [-0.2, 0) is 28.8 Å². The van der Waals surface area contributed by atoms with E-state index in [2.05, 4.69) is 10.6 Å². The third kappa shape index (κ3) is 9.50. The van der Waals surface area contributed by atoms with Gasteiger partial charge in [0.25, 0.3) is 0 Å². The second kappa shape index (κ2) is 10.5. The molecule has 13 nitrogen and oxygen atoms in total. The summed E-state index contributed by atoms with van der Waals surface area (Å²) in [6, 6.07) is -2.94. The first-order chi connectivity index (χ1) is 11.6. The van der Waals surface area contributed by atoms with E-state index in [1.165, 1.54) is 0 Å². The normalized spacial score (nSPS) is 12.4. The van der Waals surface area contributed by atoms with Gasteiger partial charge in [-0.1, -0.05) is 0 Å². The van der Waals surface area contributed by atoms with Crippen molar-refractivity contribution in [1.82, 2.24) is 16.0 Å². The van der Waals surface area contributed by atoms with Gasteiger partial charge >= 0.3 is 5.97 Å². The molecule has 0 aromatic carbocycles. The van der Waals surface area contributed by atoms with E-state index < -0.39 is 73.5 Å². The maximum Gasteiger partial charge on any atom is 0.322 e. The van der Waals surface area contributed by atoms with Gasteiger partial charge in [0.05, 0.1) is 19.4 Å². The molecule has 0 aliphatic carbocycles. The fourth-order valence-electron chi connectivity index (χ4n) is 1.63. The van der Waals surface area contributed by atoms with Crippen molar-refractivity contribution in [3.8, 4) is 0 Å². The molecule has 0 aromatic heterocycles. The molecule has 0 aliphatic rings. The Balaban J connectivity index is 5.12. The average molecular weight is 360 g/mol. The number of nitrogens with two attached hydrogens (primary N) is 3. The van der Waals surface area contributed by atoms with Crippen molar-refractivity contribution in [1.29, 1.82) is 0 Å². The minimum absolute atomic E-state index is 0.466. The van der Waals surface area contributed by atoms with Crippen molar-refractivity contribution in [3.05, 3.63) is 0 Å². The smallest absolute Gasteiger partial charge is 0.322 e. The van der Waals surface area contributed by atoms with Crippen LogP contribution in [0.3, 0.4) is 0 Å². The van der Waals surface area contributed by atoms with Crippen LogP contribution in [-0.4, -0.2) is 65.8 Å². The summed E-state index contributed by atoms with van der Waals surface area (Å²) in [5, 5.41) is 14.7. The number of hydrogen-bond acceptors (Lipinski definition) is 7. The molecule has 0 heterocycles. The van der Waals surface area contributed by atoms with Gasteiger partial charge in [0, 0.05) is 0 Å². The maximum atomic E-state index is 12.1. The van der Waals surface area contributed by atoms with Crippen molar-refractivity contribution in [2.45, 2.75) is 24.9 Å². The highest BCUT2D eigenvalue weighted by molar-refractivity contribution is 5.96. The Bertz CT molecular complexity index is 564. The number of carboxylic acids is 1. The summed E-state index contributed by atoms with van der Waals surface area (Å²) < 4.78 is 0. The number of nitrogens with one attached hydrogen (secondary N) is 3. The molecule has 0 unspecified atom stereocenters. The third-order valence-corrected chi connectivity index (χ3v) is 2.69. The lowest BCUT2D eigenvalue weighted by atomic mass is 10.1. The number of hydrogen-bond donors (Lipinski definition) is 7. The fraction of sp³-hybridized carbons (Fsp3) is 0.500. The number of rotatable bonds is 11. The lowest BCUT2D eigenvalue weighted by molar-refractivity contribution is -0.139. The zero-order valence-electron chi connectivity index (χ0n) is 13.1. The van der Waals surface area contributed by atoms with Crippen LogP contribution in [0.25, 0.3) is 0 Å². The third-order valence-electron chi connectivity index (χ3n) is 2.69. The van der Waals surface area contributed by atoms with Crippen LogP contribution in [0.15, 0.2) is 0 Å². The Kier molecular flexibility index (Phi) is 9.18. The minimum Gasteiger partial charge on any atom is -0.480 e. The molecule has 10 N–H and O–H groups in total. The Hall–Kier alpha value is -3.22. The highest BCUT2D eigenvalue weighted by atomic mass is 16.4. The van der Waals surface area contributed by atoms with Crippen LogP contribution in [0.1, 0.15) is 12.8 Å². The first-order valence-electron chi connectivity index (χ1n) is 6.92. The van der Waals surface area contributed by atoms with E-state index in [1.807, 2.05) is 5.32 Å². The summed E-state index contributed by atoms with van der Waals surface area (Å²) in [5.74, 6) is -5.97. The number of carboxylic acid groups (broad SMARTS) is 1. The molecule has 0 bridgehead atoms. The molecular weight excluding hydrogens is 340 g/mol. The van der Waals surface area contributed by atoms with E-state index >= 15 is 0 Å². The van der Waals surface area contributed by atoms with Crippen LogP contribution in [0.2, 0.25) is 0 Å². The second-order valence-corrected chi connectivity index (χ2v) is 4.84. The minimum atomic E-state index is -1.51. The lowest BCUT2D eigenvalue weighted by Crippen LogP contribution is -2.56. The van der Waals surface area contributed by atoms with Crippen LogP contribution >= 0.6 is 0 Å². The standard InChI is InChI=1S/C12H20N6O7/c13-3-9(21)17-6(2-8(15)20)12(25)18-5(1-7(14)19)11(24)16-4-10(22)23/h5-6H,1-4,13H2,(H2,14,19)(H2,15,20)(H,16,24)(H,17,21)(H,18,25)(H,22,23)/t5-,6-/m0/s1. The quantitative estimate of drug-likeness (QED) is 0.187. The van der Waals surface area contributed by atoms with E-state index in [0.29, 0.717) is 0 Å². The summed E-state index contributed by atoms with van der Waals surface area (Å²) in [4.78, 5) is 67.8. The van der Waals surface area contributed by atoms with Crippen molar-refractivity contribution in [3.63, 3.8) is 0 Å². The topological polar surface area (TPSA) is 237 Å². The zero-order valence-corrected chi connectivity index (χ0v) is 13.1. The molecule has 0 fully saturated rings. The van der Waals surface area contributed by atoms with Gasteiger partial charge in [-0.25, -0.2) is 0 Å². The Morgan fingerprint density at radius 3 is 1.72 bits per heavy atom. The van der Waals surface area contributed by atoms with Crippen LogP contribution in [0.5, 0.6) is 0 Å². The molecular formula is C12H20N6O7. The van der Waals surface area contributed by atoms with Gasteiger partial charge in [-0.15, -0.1) is 0 Å². The van der Waals surface area contributed by atoms with Gasteiger partial charge in [0.1, 0.15) is 18.6 Å². The van der Waals surface area contributed by atoms with E-state index in [0.717, 1.165) is 0 Å². The molecule has 2 atom stereocenters. The molecule has 0 aliphatic heterocycles. The zero-order chi connectivity index (χ0) is 19.6. The van der Waals surface area contributed by atoms with E-state index in [9.17, 15) is 28.8 Å². The second-order valence-electron chi connectivity index (χ2n) is 4.84. The summed E-state index contributed by atoms with van der Waals surface area (Å²) >= 11 is 0. The number of aliphatic carboxylic acids is 1. The van der Waals surface area contributed by atoms with Crippen molar-refractivity contribution < 1.29 is 33.9 Å². The number of carbonyl (C=O) groups excluding carboxylic acids is 5. The molecule has 0 radical (unpaired) electrons. The monoisotopic (exact) mass is 360 g/mol. The van der Waals surface area contributed by atoms with Crippen molar-refractivity contribution >= 4 is 35.5 Å². The molecule has 140 valence electrons. The van der Waals surface area contributed by atoms with Gasteiger partial charge in [-0.05, 0) is 0 Å². The van der Waals surface area contributed by atoms with E-state index in [4.69, 9.17) is 22.3 Å². The van der Waals surface area contributed by atoms with Crippen molar-refractivity contribution in [2.75, 3.05) is 13.1 Å². The summed E-state index contributed by atoms with van der Waals surface area (Å²) in [7, 11) is 0. The molecule has 0 rings (SSSR count). The largest absolute Gasteiger partial charge is 0.480 e. The van der Waals surface area contributed by atoms with Crippen LogP contribution in [0, 0.1) is 0 Å². The Morgan fingerprint density at radius 1 is 0.840 bits per heavy atom. The Labute approximate surface area is 141 Å². The summed E-state index contributed by atoms with van der Waals surface area (Å²) in [6.45, 7) is -1.22. The first-order valence-corrected chi connectivity index (χ1v) is 6.92. The highest BCUT2D eigenvalue weighted by Gasteiger charge is 2.28. The molecule has 13 heteroatoms. The number of amides is 5. The van der Waals surface area contributed by atoms with Gasteiger partial charge in [0.2, 0.25) is 29.5 Å². The maximum absolute atomic E-state index is 12.1. The average Bonchev–Trinajstić information content (AvgIpc) is 2.49. The summed E-state index contributed by atoms with van der Waals surface area (Å²) in [6.07, 6.45) is -1.22. The van der Waals surface area contributed by atoms with Crippen LogP contribution in [0.4, 0.5) is 0 Å². The summed E-state index contributed by atoms with van der Waals surface area (Å²) in [5.41, 5.74) is 15.0.